The van der Waals surface area contributed by atoms with Gasteiger partial charge in [0.2, 0.25) is 0 Å². The summed E-state index contributed by atoms with van der Waals surface area (Å²) in [6, 6.07) is 6.01. The molecule has 2 aromatic rings. The lowest BCUT2D eigenvalue weighted by atomic mass is 9.97. The fourth-order valence-electron chi connectivity index (χ4n) is 3.30. The molecular formula is C19H21FN2O3S. The minimum Gasteiger partial charge on any atom is -0.481 e. The minimum absolute atomic E-state index is 0.0388. The molecule has 3 rings (SSSR count). The number of carbonyl (C=O) groups is 2. The number of hydrogen-bond acceptors (Lipinski definition) is 4. The summed E-state index contributed by atoms with van der Waals surface area (Å²) >= 11 is 1.31. The van der Waals surface area contributed by atoms with Crippen LogP contribution in [0.25, 0.3) is 10.6 Å². The Labute approximate surface area is 155 Å². The number of nitrogens with zero attached hydrogens (tertiary/aromatic N) is 2. The van der Waals surface area contributed by atoms with Crippen LogP contribution in [0.4, 0.5) is 4.39 Å². The van der Waals surface area contributed by atoms with Gasteiger partial charge in [0.05, 0.1) is 5.69 Å². The third-order valence-corrected chi connectivity index (χ3v) is 5.86. The average Bonchev–Trinajstić information content (AvgIpc) is 3.02. The zero-order chi connectivity index (χ0) is 18.7. The normalized spacial score (nSPS) is 17.3. The summed E-state index contributed by atoms with van der Waals surface area (Å²) in [5, 5.41) is 9.63. The van der Waals surface area contributed by atoms with Crippen molar-refractivity contribution in [2.75, 3.05) is 6.54 Å². The molecule has 1 N–H and O–H groups in total. The van der Waals surface area contributed by atoms with Crippen molar-refractivity contribution in [3.05, 3.63) is 40.7 Å². The standard InChI is InChI=1S/C19H21FN2O3S/c1-12-17(26-18(21-12)13-5-7-14(20)8-6-13)19(25)22-11-3-2-4-15(22)9-10-16(23)24/h5-8,15H,2-4,9-11H2,1H3,(H,23,24). The first-order chi connectivity index (χ1) is 12.5. The number of amides is 1. The van der Waals surface area contributed by atoms with Crippen molar-refractivity contribution in [3.8, 4) is 10.6 Å². The van der Waals surface area contributed by atoms with Crippen molar-refractivity contribution in [1.29, 1.82) is 0 Å². The van der Waals surface area contributed by atoms with E-state index in [-0.39, 0.29) is 24.2 Å². The predicted molar refractivity (Wildman–Crippen MR) is 97.8 cm³/mol. The van der Waals surface area contributed by atoms with Crippen LogP contribution in [0, 0.1) is 12.7 Å². The number of thiazole rings is 1. The molecule has 1 saturated heterocycles. The van der Waals surface area contributed by atoms with Crippen LogP contribution in [0.15, 0.2) is 24.3 Å². The van der Waals surface area contributed by atoms with Gasteiger partial charge in [-0.1, -0.05) is 0 Å². The Morgan fingerprint density at radius 2 is 2.04 bits per heavy atom. The Bertz CT molecular complexity index is 804. The van der Waals surface area contributed by atoms with Crippen LogP contribution in [0.5, 0.6) is 0 Å². The van der Waals surface area contributed by atoms with Gasteiger partial charge < -0.3 is 10.0 Å². The molecule has 138 valence electrons. The Balaban J connectivity index is 1.82. The van der Waals surface area contributed by atoms with E-state index in [4.69, 9.17) is 5.11 Å². The second-order valence-electron chi connectivity index (χ2n) is 6.52. The summed E-state index contributed by atoms with van der Waals surface area (Å²) in [4.78, 5) is 30.8. The molecule has 1 amide bonds. The van der Waals surface area contributed by atoms with E-state index in [0.717, 1.165) is 24.8 Å². The summed E-state index contributed by atoms with van der Waals surface area (Å²) < 4.78 is 13.1. The molecule has 0 bridgehead atoms. The number of carbonyl (C=O) groups excluding carboxylic acids is 1. The molecule has 1 fully saturated rings. The SMILES string of the molecule is Cc1nc(-c2ccc(F)cc2)sc1C(=O)N1CCCCC1CCC(=O)O. The first-order valence-electron chi connectivity index (χ1n) is 8.72. The number of aryl methyl sites for hydroxylation is 1. The molecule has 1 aliphatic heterocycles. The zero-order valence-electron chi connectivity index (χ0n) is 14.6. The van der Waals surface area contributed by atoms with E-state index in [2.05, 4.69) is 4.98 Å². The van der Waals surface area contributed by atoms with Crippen molar-refractivity contribution in [2.45, 2.75) is 45.1 Å². The van der Waals surface area contributed by atoms with Crippen LogP contribution < -0.4 is 0 Å². The van der Waals surface area contributed by atoms with Gasteiger partial charge in [-0.15, -0.1) is 11.3 Å². The molecule has 0 saturated carbocycles. The smallest absolute Gasteiger partial charge is 0.303 e. The number of carboxylic acids is 1. The maximum Gasteiger partial charge on any atom is 0.303 e. The van der Waals surface area contributed by atoms with Crippen molar-refractivity contribution < 1.29 is 19.1 Å². The molecule has 0 radical (unpaired) electrons. The summed E-state index contributed by atoms with van der Waals surface area (Å²) in [7, 11) is 0. The summed E-state index contributed by atoms with van der Waals surface area (Å²) in [6.07, 6.45) is 3.32. The quantitative estimate of drug-likeness (QED) is 0.852. The van der Waals surface area contributed by atoms with Crippen LogP contribution in [-0.4, -0.2) is 39.5 Å². The van der Waals surface area contributed by atoms with E-state index >= 15 is 0 Å². The van der Waals surface area contributed by atoms with Crippen LogP contribution in [0.2, 0.25) is 0 Å². The molecule has 7 heteroatoms. The van der Waals surface area contributed by atoms with Crippen LogP contribution in [0.1, 0.15) is 47.5 Å². The molecule has 26 heavy (non-hydrogen) atoms. The molecule has 1 aromatic carbocycles. The molecule has 1 aromatic heterocycles. The minimum atomic E-state index is -0.837. The Morgan fingerprint density at radius 1 is 1.31 bits per heavy atom. The molecule has 5 nitrogen and oxygen atoms in total. The number of aromatic nitrogens is 1. The molecule has 0 spiro atoms. The number of likely N-dealkylation sites (tertiary alicyclic amines) is 1. The fourth-order valence-corrected chi connectivity index (χ4v) is 4.33. The van der Waals surface area contributed by atoms with E-state index in [1.807, 2.05) is 0 Å². The number of hydrogen-bond donors (Lipinski definition) is 1. The van der Waals surface area contributed by atoms with Crippen molar-refractivity contribution in [1.82, 2.24) is 9.88 Å². The molecule has 1 aliphatic rings. The van der Waals surface area contributed by atoms with Crippen LogP contribution in [-0.2, 0) is 4.79 Å². The first kappa shape index (κ1) is 18.5. The molecule has 0 aliphatic carbocycles. The molecular weight excluding hydrogens is 355 g/mol. The monoisotopic (exact) mass is 376 g/mol. The largest absolute Gasteiger partial charge is 0.481 e. The molecule has 2 heterocycles. The van der Waals surface area contributed by atoms with Gasteiger partial charge in [-0.25, -0.2) is 9.37 Å². The number of halogens is 1. The maximum absolute atomic E-state index is 13.1. The van der Waals surface area contributed by atoms with Gasteiger partial charge in [0, 0.05) is 24.6 Å². The summed E-state index contributed by atoms with van der Waals surface area (Å²) in [5.74, 6) is -1.23. The fraction of sp³-hybridized carbons (Fsp3) is 0.421. The molecule has 1 unspecified atom stereocenters. The first-order valence-corrected chi connectivity index (χ1v) is 9.53. The topological polar surface area (TPSA) is 70.5 Å². The second-order valence-corrected chi connectivity index (χ2v) is 7.52. The number of benzene rings is 1. The number of piperidine rings is 1. The number of carboxylic acid groups (broad SMARTS) is 1. The lowest BCUT2D eigenvalue weighted by molar-refractivity contribution is -0.137. The highest BCUT2D eigenvalue weighted by atomic mass is 32.1. The van der Waals surface area contributed by atoms with Gasteiger partial charge >= 0.3 is 5.97 Å². The van der Waals surface area contributed by atoms with Crippen molar-refractivity contribution in [3.63, 3.8) is 0 Å². The van der Waals surface area contributed by atoms with Gasteiger partial charge in [-0.05, 0) is 56.9 Å². The highest BCUT2D eigenvalue weighted by Crippen LogP contribution is 2.31. The maximum atomic E-state index is 13.1. The van der Waals surface area contributed by atoms with Gasteiger partial charge in [-0.3, -0.25) is 9.59 Å². The summed E-state index contributed by atoms with van der Waals surface area (Å²) in [5.41, 5.74) is 1.43. The highest BCUT2D eigenvalue weighted by molar-refractivity contribution is 7.17. The van der Waals surface area contributed by atoms with E-state index in [0.29, 0.717) is 28.5 Å². The zero-order valence-corrected chi connectivity index (χ0v) is 15.4. The second kappa shape index (κ2) is 7.95. The highest BCUT2D eigenvalue weighted by Gasteiger charge is 2.30. The van der Waals surface area contributed by atoms with E-state index < -0.39 is 5.97 Å². The lowest BCUT2D eigenvalue weighted by Crippen LogP contribution is -2.43. The van der Waals surface area contributed by atoms with E-state index in [1.54, 1.807) is 24.0 Å². The Hall–Kier alpha value is -2.28. The van der Waals surface area contributed by atoms with Gasteiger partial charge in [-0.2, -0.15) is 0 Å². The van der Waals surface area contributed by atoms with Crippen molar-refractivity contribution >= 4 is 23.2 Å². The summed E-state index contributed by atoms with van der Waals surface area (Å²) in [6.45, 7) is 2.44. The third-order valence-electron chi connectivity index (χ3n) is 4.66. The third kappa shape index (κ3) is 4.09. The van der Waals surface area contributed by atoms with Crippen LogP contribution in [0.3, 0.4) is 0 Å². The van der Waals surface area contributed by atoms with E-state index in [1.165, 1.54) is 23.5 Å². The van der Waals surface area contributed by atoms with Crippen molar-refractivity contribution in [2.24, 2.45) is 0 Å². The predicted octanol–water partition coefficient (Wildman–Crippen LogP) is 4.12. The molecule has 1 atom stereocenters. The van der Waals surface area contributed by atoms with Crippen LogP contribution >= 0.6 is 11.3 Å². The lowest BCUT2D eigenvalue weighted by Gasteiger charge is -2.35. The number of rotatable bonds is 5. The Morgan fingerprint density at radius 3 is 2.73 bits per heavy atom. The van der Waals surface area contributed by atoms with Gasteiger partial charge in [0.1, 0.15) is 15.7 Å². The van der Waals surface area contributed by atoms with Gasteiger partial charge in [0.15, 0.2) is 0 Å². The van der Waals surface area contributed by atoms with E-state index in [9.17, 15) is 14.0 Å². The van der Waals surface area contributed by atoms with Gasteiger partial charge in [0.25, 0.3) is 5.91 Å². The number of aliphatic carboxylic acids is 1. The Kier molecular flexibility index (Phi) is 5.66. The average molecular weight is 376 g/mol.